The van der Waals surface area contributed by atoms with E-state index in [2.05, 4.69) is 0 Å². The second-order valence-corrected chi connectivity index (χ2v) is 4.76. The number of hydrogen-bond acceptors (Lipinski definition) is 4. The van der Waals surface area contributed by atoms with E-state index in [0.717, 1.165) is 11.8 Å². The van der Waals surface area contributed by atoms with Crippen molar-refractivity contribution in [1.82, 2.24) is 0 Å². The van der Waals surface area contributed by atoms with Gasteiger partial charge in [-0.2, -0.15) is 0 Å². The highest BCUT2D eigenvalue weighted by molar-refractivity contribution is 5.86. The fourth-order valence-electron chi connectivity index (χ4n) is 2.29. The second kappa shape index (κ2) is 7.22. The van der Waals surface area contributed by atoms with Crippen LogP contribution >= 0.6 is 0 Å². The van der Waals surface area contributed by atoms with Crippen molar-refractivity contribution in [1.29, 1.82) is 0 Å². The lowest BCUT2D eigenvalue weighted by atomic mass is 10.1. The number of anilines is 2. The molecule has 0 aliphatic carbocycles. The van der Waals surface area contributed by atoms with Crippen molar-refractivity contribution in [3.05, 3.63) is 70.3 Å². The molecule has 0 amide bonds. The first-order valence-corrected chi connectivity index (χ1v) is 7.05. The highest BCUT2D eigenvalue weighted by atomic mass is 16.6. The maximum absolute atomic E-state index is 11.4. The van der Waals surface area contributed by atoms with Gasteiger partial charge >= 0.3 is 5.97 Å². The van der Waals surface area contributed by atoms with E-state index in [1.54, 1.807) is 12.1 Å². The van der Waals surface area contributed by atoms with Gasteiger partial charge in [-0.15, -0.1) is 0 Å². The summed E-state index contributed by atoms with van der Waals surface area (Å²) in [7, 11) is 0. The quantitative estimate of drug-likeness (QED) is 0.497. The Balaban J connectivity index is 2.49. The summed E-state index contributed by atoms with van der Waals surface area (Å²) in [6.45, 7) is 2.48. The lowest BCUT2D eigenvalue weighted by Gasteiger charge is -2.23. The van der Waals surface area contributed by atoms with Gasteiger partial charge in [0.05, 0.1) is 4.92 Å². The fraction of sp³-hybridized carbons (Fsp3) is 0.118. The van der Waals surface area contributed by atoms with Crippen LogP contribution in [0.2, 0.25) is 0 Å². The molecule has 2 rings (SSSR count). The smallest absolute Gasteiger partial charge is 0.328 e. The Kier molecular flexibility index (Phi) is 5.09. The minimum absolute atomic E-state index is 0.0664. The average molecular weight is 312 g/mol. The van der Waals surface area contributed by atoms with E-state index in [-0.39, 0.29) is 5.69 Å². The summed E-state index contributed by atoms with van der Waals surface area (Å²) < 4.78 is 0. The van der Waals surface area contributed by atoms with Crippen LogP contribution in [0, 0.1) is 10.1 Å². The minimum Gasteiger partial charge on any atom is -0.478 e. The van der Waals surface area contributed by atoms with Crippen LogP contribution < -0.4 is 4.90 Å². The SMILES string of the molecule is CCN(c1ccccc1)c1ccc(/C=C/C(=O)O)cc1[N+](=O)[O-]. The lowest BCUT2D eigenvalue weighted by molar-refractivity contribution is -0.384. The van der Waals surface area contributed by atoms with Crippen LogP contribution in [0.5, 0.6) is 0 Å². The third-order valence-electron chi connectivity index (χ3n) is 3.29. The number of rotatable bonds is 6. The predicted octanol–water partition coefficient (Wildman–Crippen LogP) is 3.85. The van der Waals surface area contributed by atoms with Gasteiger partial charge in [0, 0.05) is 24.4 Å². The molecule has 0 aliphatic rings. The minimum atomic E-state index is -1.10. The molecule has 118 valence electrons. The highest BCUT2D eigenvalue weighted by Crippen LogP contribution is 2.34. The van der Waals surface area contributed by atoms with E-state index in [1.807, 2.05) is 42.2 Å². The van der Waals surface area contributed by atoms with Gasteiger partial charge in [0.15, 0.2) is 0 Å². The van der Waals surface area contributed by atoms with Crippen molar-refractivity contribution >= 4 is 29.1 Å². The van der Waals surface area contributed by atoms with Crippen LogP contribution in [-0.2, 0) is 4.79 Å². The standard InChI is InChI=1S/C17H16N2O4/c1-2-18(14-6-4-3-5-7-14)15-10-8-13(9-11-17(20)21)12-16(15)19(22)23/h3-12H,2H2,1H3,(H,20,21)/b11-9+. The van der Waals surface area contributed by atoms with Crippen molar-refractivity contribution in [2.24, 2.45) is 0 Å². The van der Waals surface area contributed by atoms with Gasteiger partial charge in [-0.3, -0.25) is 10.1 Å². The van der Waals surface area contributed by atoms with Crippen molar-refractivity contribution in [3.8, 4) is 0 Å². The first-order chi connectivity index (χ1) is 11.0. The van der Waals surface area contributed by atoms with Crippen molar-refractivity contribution in [3.63, 3.8) is 0 Å². The van der Waals surface area contributed by atoms with Crippen LogP contribution in [0.1, 0.15) is 12.5 Å². The summed E-state index contributed by atoms with van der Waals surface area (Å²) in [4.78, 5) is 23.3. The van der Waals surface area contributed by atoms with Crippen molar-refractivity contribution < 1.29 is 14.8 Å². The molecule has 1 N–H and O–H groups in total. The molecule has 0 radical (unpaired) electrons. The number of carboxylic acid groups (broad SMARTS) is 1. The van der Waals surface area contributed by atoms with Crippen molar-refractivity contribution in [2.45, 2.75) is 6.92 Å². The summed E-state index contributed by atoms with van der Waals surface area (Å²) in [6, 6.07) is 14.0. The number of nitro benzene ring substituents is 1. The van der Waals surface area contributed by atoms with E-state index in [4.69, 9.17) is 5.11 Å². The van der Waals surface area contributed by atoms with Gasteiger partial charge in [-0.1, -0.05) is 24.3 Å². The summed E-state index contributed by atoms with van der Waals surface area (Å²) >= 11 is 0. The number of carboxylic acids is 1. The predicted molar refractivity (Wildman–Crippen MR) is 88.9 cm³/mol. The van der Waals surface area contributed by atoms with Gasteiger partial charge in [0.1, 0.15) is 5.69 Å². The molecule has 0 saturated heterocycles. The Morgan fingerprint density at radius 1 is 1.26 bits per heavy atom. The zero-order valence-electron chi connectivity index (χ0n) is 12.5. The number of para-hydroxylation sites is 1. The fourth-order valence-corrected chi connectivity index (χ4v) is 2.29. The topological polar surface area (TPSA) is 83.7 Å². The average Bonchev–Trinajstić information content (AvgIpc) is 2.55. The molecule has 23 heavy (non-hydrogen) atoms. The van der Waals surface area contributed by atoms with E-state index < -0.39 is 10.9 Å². The van der Waals surface area contributed by atoms with Gasteiger partial charge in [0.2, 0.25) is 0 Å². The summed E-state index contributed by atoms with van der Waals surface area (Å²) in [5, 5.41) is 20.1. The number of hydrogen-bond donors (Lipinski definition) is 1. The first kappa shape index (κ1) is 16.2. The maximum atomic E-state index is 11.4. The molecule has 0 fully saturated rings. The Hall–Kier alpha value is -3.15. The molecular formula is C17H16N2O4. The Morgan fingerprint density at radius 2 is 1.96 bits per heavy atom. The Morgan fingerprint density at radius 3 is 2.52 bits per heavy atom. The number of aliphatic carboxylic acids is 1. The number of nitrogens with zero attached hydrogens (tertiary/aromatic N) is 2. The van der Waals surface area contributed by atoms with Crippen LogP contribution in [0.4, 0.5) is 17.1 Å². The highest BCUT2D eigenvalue weighted by Gasteiger charge is 2.20. The normalized spacial score (nSPS) is 10.7. The number of carbonyl (C=O) groups is 1. The number of benzene rings is 2. The Bertz CT molecular complexity index is 742. The molecule has 2 aromatic rings. The first-order valence-electron chi connectivity index (χ1n) is 7.05. The molecule has 0 saturated carbocycles. The summed E-state index contributed by atoms with van der Waals surface area (Å²) in [6.07, 6.45) is 2.28. The molecule has 0 bridgehead atoms. The van der Waals surface area contributed by atoms with E-state index >= 15 is 0 Å². The zero-order valence-corrected chi connectivity index (χ0v) is 12.5. The molecule has 0 aliphatic heterocycles. The van der Waals surface area contributed by atoms with E-state index in [9.17, 15) is 14.9 Å². The summed E-state index contributed by atoms with van der Waals surface area (Å²) in [5.74, 6) is -1.10. The Labute approximate surface area is 133 Å². The molecule has 0 aromatic heterocycles. The van der Waals surface area contributed by atoms with Crippen molar-refractivity contribution in [2.75, 3.05) is 11.4 Å². The molecule has 0 heterocycles. The monoisotopic (exact) mass is 312 g/mol. The third kappa shape index (κ3) is 3.94. The molecule has 0 atom stereocenters. The van der Waals surface area contributed by atoms with E-state index in [0.29, 0.717) is 17.8 Å². The van der Waals surface area contributed by atoms with Gasteiger partial charge in [-0.25, -0.2) is 4.79 Å². The molecule has 0 unspecified atom stereocenters. The van der Waals surface area contributed by atoms with Crippen LogP contribution in [0.25, 0.3) is 6.08 Å². The second-order valence-electron chi connectivity index (χ2n) is 4.76. The van der Waals surface area contributed by atoms with E-state index in [1.165, 1.54) is 12.1 Å². The van der Waals surface area contributed by atoms with Gasteiger partial charge in [-0.05, 0) is 36.8 Å². The van der Waals surface area contributed by atoms with Gasteiger partial charge in [0.25, 0.3) is 5.69 Å². The zero-order chi connectivity index (χ0) is 16.8. The summed E-state index contributed by atoms with van der Waals surface area (Å²) in [5.41, 5.74) is 1.72. The molecule has 2 aromatic carbocycles. The molecule has 0 spiro atoms. The molecular weight excluding hydrogens is 296 g/mol. The lowest BCUT2D eigenvalue weighted by Crippen LogP contribution is -2.17. The largest absolute Gasteiger partial charge is 0.478 e. The molecule has 6 nitrogen and oxygen atoms in total. The van der Waals surface area contributed by atoms with Gasteiger partial charge < -0.3 is 10.0 Å². The molecule has 6 heteroatoms. The van der Waals surface area contributed by atoms with Crippen LogP contribution in [0.15, 0.2) is 54.6 Å². The van der Waals surface area contributed by atoms with Crippen LogP contribution in [-0.4, -0.2) is 22.5 Å². The number of nitro groups is 1. The maximum Gasteiger partial charge on any atom is 0.328 e. The third-order valence-corrected chi connectivity index (χ3v) is 3.29. The van der Waals surface area contributed by atoms with Crippen LogP contribution in [0.3, 0.4) is 0 Å².